The Hall–Kier alpha value is -4.01. The highest BCUT2D eigenvalue weighted by atomic mass is 19.1. The van der Waals surface area contributed by atoms with Gasteiger partial charge in [0.25, 0.3) is 0 Å². The summed E-state index contributed by atoms with van der Waals surface area (Å²) < 4.78 is 52.9. The second-order valence-electron chi connectivity index (χ2n) is 9.47. The molecule has 8 nitrogen and oxygen atoms in total. The minimum Gasteiger partial charge on any atom is -0.397 e. The third kappa shape index (κ3) is 5.72. The summed E-state index contributed by atoms with van der Waals surface area (Å²) in [7, 11) is 1.76. The number of hydrogen-bond donors (Lipinski definition) is 3. The number of nitrogen functional groups attached to an aromatic ring is 1. The third-order valence-electron chi connectivity index (χ3n) is 7.15. The Morgan fingerprint density at radius 1 is 1.28 bits per heavy atom. The van der Waals surface area contributed by atoms with Gasteiger partial charge in [-0.2, -0.15) is 5.26 Å². The number of nitrogens with zero attached hydrogens (tertiary/aromatic N) is 3. The van der Waals surface area contributed by atoms with Gasteiger partial charge in [0.05, 0.1) is 42.8 Å². The first-order valence-electron chi connectivity index (χ1n) is 12.5. The molecule has 5 unspecified atom stereocenters. The van der Waals surface area contributed by atoms with Crippen LogP contribution in [0.25, 0.3) is 11.3 Å². The summed E-state index contributed by atoms with van der Waals surface area (Å²) in [5.74, 6) is -2.96. The first kappa shape index (κ1) is 28.0. The number of aromatic nitrogens is 2. The van der Waals surface area contributed by atoms with Crippen molar-refractivity contribution in [3.63, 3.8) is 0 Å². The average molecular weight is 539 g/mol. The van der Waals surface area contributed by atoms with E-state index in [1.807, 2.05) is 12.1 Å². The average Bonchev–Trinajstić information content (AvgIpc) is 2.93. The van der Waals surface area contributed by atoms with Crippen molar-refractivity contribution in [2.75, 3.05) is 24.7 Å². The molecule has 0 bridgehead atoms. The Balaban J connectivity index is 1.80. The first-order valence-corrected chi connectivity index (χ1v) is 12.5. The molecule has 3 aromatic rings. The third-order valence-corrected chi connectivity index (χ3v) is 7.15. The van der Waals surface area contributed by atoms with Crippen molar-refractivity contribution in [2.24, 2.45) is 11.7 Å². The van der Waals surface area contributed by atoms with Crippen LogP contribution in [0.5, 0.6) is 0 Å². The van der Waals surface area contributed by atoms with E-state index in [-0.39, 0.29) is 42.3 Å². The Labute approximate surface area is 224 Å². The van der Waals surface area contributed by atoms with Crippen molar-refractivity contribution in [1.29, 1.82) is 5.26 Å². The molecule has 204 valence electrons. The maximum atomic E-state index is 16.7. The van der Waals surface area contributed by atoms with Gasteiger partial charge in [0.1, 0.15) is 23.4 Å². The van der Waals surface area contributed by atoms with Crippen LogP contribution in [0.2, 0.25) is 0 Å². The molecule has 0 saturated heterocycles. The number of nitriles is 1. The monoisotopic (exact) mass is 538 g/mol. The number of carbonyl (C=O) groups is 1. The van der Waals surface area contributed by atoms with Gasteiger partial charge in [0, 0.05) is 36.8 Å². The van der Waals surface area contributed by atoms with Crippen LogP contribution in [0.15, 0.2) is 42.7 Å². The van der Waals surface area contributed by atoms with Crippen molar-refractivity contribution in [2.45, 2.75) is 43.5 Å². The quantitative estimate of drug-likeness (QED) is 0.263. The fourth-order valence-electron chi connectivity index (χ4n) is 5.37. The SMILES string of the molecule is CNc1cnccc1C1CC(N)C(OCCC#N)C(C(F)c2cccc(F)c2-c2nc(C=O)c(N)cc2F)C1. The van der Waals surface area contributed by atoms with Gasteiger partial charge in [-0.1, -0.05) is 12.1 Å². The Bertz CT molecular complexity index is 1380. The molecule has 1 aliphatic carbocycles. The topological polar surface area (TPSA) is 140 Å². The molecule has 0 radical (unpaired) electrons. The number of halogens is 3. The number of pyridine rings is 2. The number of rotatable bonds is 9. The molecule has 1 aromatic carbocycles. The van der Waals surface area contributed by atoms with Crippen molar-refractivity contribution in [3.8, 4) is 17.3 Å². The van der Waals surface area contributed by atoms with Gasteiger partial charge < -0.3 is 21.5 Å². The molecule has 0 aliphatic heterocycles. The second kappa shape index (κ2) is 12.2. The Morgan fingerprint density at radius 3 is 2.79 bits per heavy atom. The predicted octanol–water partition coefficient (Wildman–Crippen LogP) is 4.69. The minimum absolute atomic E-state index is 0.0482. The molecule has 1 saturated carbocycles. The predicted molar refractivity (Wildman–Crippen MR) is 140 cm³/mol. The van der Waals surface area contributed by atoms with Gasteiger partial charge in [0.2, 0.25) is 0 Å². The van der Waals surface area contributed by atoms with Crippen LogP contribution >= 0.6 is 0 Å². The lowest BCUT2D eigenvalue weighted by Crippen LogP contribution is -2.48. The van der Waals surface area contributed by atoms with E-state index < -0.39 is 47.1 Å². The fourth-order valence-corrected chi connectivity index (χ4v) is 5.37. The van der Waals surface area contributed by atoms with Crippen molar-refractivity contribution < 1.29 is 22.7 Å². The highest BCUT2D eigenvalue weighted by Gasteiger charge is 2.43. The molecule has 4 rings (SSSR count). The van der Waals surface area contributed by atoms with E-state index >= 15 is 8.78 Å². The van der Waals surface area contributed by atoms with Crippen LogP contribution in [-0.2, 0) is 4.74 Å². The van der Waals surface area contributed by atoms with Crippen LogP contribution in [0.3, 0.4) is 0 Å². The number of alkyl halides is 1. The molecule has 1 fully saturated rings. The molecule has 0 spiro atoms. The zero-order valence-corrected chi connectivity index (χ0v) is 21.3. The van der Waals surface area contributed by atoms with E-state index in [4.69, 9.17) is 21.5 Å². The van der Waals surface area contributed by atoms with Gasteiger partial charge in [-0.25, -0.2) is 18.2 Å². The number of nitrogens with one attached hydrogen (secondary N) is 1. The zero-order valence-electron chi connectivity index (χ0n) is 21.3. The minimum atomic E-state index is -1.85. The lowest BCUT2D eigenvalue weighted by molar-refractivity contribution is -0.0522. The summed E-state index contributed by atoms with van der Waals surface area (Å²) in [6.45, 7) is 0.0482. The summed E-state index contributed by atoms with van der Waals surface area (Å²) in [6.07, 6.45) is 1.83. The molecule has 2 heterocycles. The van der Waals surface area contributed by atoms with Crippen LogP contribution < -0.4 is 16.8 Å². The largest absolute Gasteiger partial charge is 0.397 e. The standard InChI is InChI=1S/C28H29F3N6O2/c1-35-23-13-36-8-6-16(23)15-10-18(28(22(34)11-15)39-9-3-7-32)26(31)17-4-2-5-19(29)25(17)27-20(30)12-21(33)24(14-38)37-27/h2,4-6,8,12-15,18,22,26,28,35H,3,9-11,33-34H2,1H3. The number of benzene rings is 1. The van der Waals surface area contributed by atoms with Crippen LogP contribution in [-0.4, -0.2) is 42.1 Å². The number of nitrogens with two attached hydrogens (primary N) is 2. The van der Waals surface area contributed by atoms with Crippen LogP contribution in [0.4, 0.5) is 24.5 Å². The van der Waals surface area contributed by atoms with Gasteiger partial charge >= 0.3 is 0 Å². The molecular formula is C28H29F3N6O2. The lowest BCUT2D eigenvalue weighted by atomic mass is 9.70. The lowest BCUT2D eigenvalue weighted by Gasteiger charge is -2.42. The highest BCUT2D eigenvalue weighted by Crippen LogP contribution is 2.47. The Morgan fingerprint density at radius 2 is 2.08 bits per heavy atom. The van der Waals surface area contributed by atoms with Gasteiger partial charge in [-0.05, 0) is 42.0 Å². The van der Waals surface area contributed by atoms with Gasteiger partial charge in [-0.3, -0.25) is 9.78 Å². The maximum absolute atomic E-state index is 16.7. The van der Waals surface area contributed by atoms with E-state index in [1.165, 1.54) is 12.1 Å². The molecule has 2 aromatic heterocycles. The van der Waals surface area contributed by atoms with Crippen LogP contribution in [0, 0.1) is 28.9 Å². The zero-order chi connectivity index (χ0) is 28.1. The molecule has 5 atom stereocenters. The van der Waals surface area contributed by atoms with E-state index in [2.05, 4.69) is 15.3 Å². The molecule has 1 aliphatic rings. The number of ether oxygens (including phenoxy) is 1. The maximum Gasteiger partial charge on any atom is 0.170 e. The highest BCUT2D eigenvalue weighted by molar-refractivity contribution is 5.82. The summed E-state index contributed by atoms with van der Waals surface area (Å²) in [5, 5.41) is 12.1. The van der Waals surface area contributed by atoms with E-state index in [9.17, 15) is 9.18 Å². The van der Waals surface area contributed by atoms with Crippen molar-refractivity contribution >= 4 is 17.7 Å². The summed E-state index contributed by atoms with van der Waals surface area (Å²) in [6, 6.07) is 7.84. The number of hydrogen-bond acceptors (Lipinski definition) is 8. The normalized spacial score (nSPS) is 21.6. The van der Waals surface area contributed by atoms with Crippen LogP contribution in [0.1, 0.15) is 53.0 Å². The molecular weight excluding hydrogens is 509 g/mol. The second-order valence-corrected chi connectivity index (χ2v) is 9.47. The van der Waals surface area contributed by atoms with E-state index in [1.54, 1.807) is 19.4 Å². The van der Waals surface area contributed by atoms with Crippen molar-refractivity contribution in [1.82, 2.24) is 9.97 Å². The summed E-state index contributed by atoms with van der Waals surface area (Å²) in [4.78, 5) is 19.5. The van der Waals surface area contributed by atoms with Crippen molar-refractivity contribution in [3.05, 3.63) is 71.2 Å². The van der Waals surface area contributed by atoms with Gasteiger partial charge in [-0.15, -0.1) is 0 Å². The Kier molecular flexibility index (Phi) is 8.79. The fraction of sp³-hybridized carbons (Fsp3) is 0.357. The van der Waals surface area contributed by atoms with Gasteiger partial charge in [0.15, 0.2) is 12.1 Å². The molecule has 5 N–H and O–H groups in total. The number of anilines is 2. The van der Waals surface area contributed by atoms with E-state index in [0.29, 0.717) is 12.7 Å². The van der Waals surface area contributed by atoms with E-state index in [0.717, 1.165) is 23.4 Å². The molecule has 11 heteroatoms. The number of carbonyl (C=O) groups excluding carboxylic acids is 1. The molecule has 39 heavy (non-hydrogen) atoms. The summed E-state index contributed by atoms with van der Waals surface area (Å²) in [5.41, 5.74) is 12.3. The number of aldehydes is 1. The first-order chi connectivity index (χ1) is 18.8. The molecule has 0 amide bonds. The summed E-state index contributed by atoms with van der Waals surface area (Å²) >= 11 is 0. The smallest absolute Gasteiger partial charge is 0.170 e.